The minimum atomic E-state index is -1.15. The Bertz CT molecular complexity index is 1570. The van der Waals surface area contributed by atoms with Gasteiger partial charge in [-0.2, -0.15) is 0 Å². The number of hydrogen-bond donors (Lipinski definition) is 5. The molecule has 4 unspecified atom stereocenters. The van der Waals surface area contributed by atoms with Gasteiger partial charge in [-0.05, 0) is 99.4 Å². The zero-order valence-electron chi connectivity index (χ0n) is 25.8. The highest BCUT2D eigenvalue weighted by Crippen LogP contribution is 2.54. The molecule has 6 N–H and O–H groups in total. The molecule has 3 aliphatic rings. The summed E-state index contributed by atoms with van der Waals surface area (Å²) in [4.78, 5) is 40.6. The van der Waals surface area contributed by atoms with E-state index in [1.165, 1.54) is 12.8 Å². The average molecular weight is 601 g/mol. The number of phenols is 1. The van der Waals surface area contributed by atoms with Crippen LogP contribution in [-0.2, 0) is 29.5 Å². The molecule has 0 radical (unpaired) electrons. The van der Waals surface area contributed by atoms with Crippen molar-refractivity contribution in [1.29, 1.82) is 0 Å². The van der Waals surface area contributed by atoms with Gasteiger partial charge in [0.25, 0.3) is 11.5 Å². The molecule has 2 aromatic carbocycles. The molecule has 2 aliphatic carbocycles. The highest BCUT2D eigenvalue weighted by Gasteiger charge is 2.61. The van der Waals surface area contributed by atoms with Crippen molar-refractivity contribution in [1.82, 2.24) is 15.2 Å². The Morgan fingerprint density at radius 3 is 2.57 bits per heavy atom. The topological polar surface area (TPSA) is 149 Å². The maximum Gasteiger partial charge on any atom is 0.261 e. The van der Waals surface area contributed by atoms with Crippen LogP contribution in [0.1, 0.15) is 71.4 Å². The number of amides is 2. The first kappa shape index (κ1) is 31.5. The van der Waals surface area contributed by atoms with Crippen LogP contribution in [0.4, 0.5) is 0 Å². The number of likely N-dealkylation sites (tertiary alicyclic amines) is 1. The third-order valence-electron chi connectivity index (χ3n) is 9.98. The number of pyridine rings is 1. The smallest absolute Gasteiger partial charge is 0.261 e. The first-order valence-corrected chi connectivity index (χ1v) is 15.5. The number of aromatic nitrogens is 1. The van der Waals surface area contributed by atoms with Crippen LogP contribution in [0.2, 0.25) is 0 Å². The van der Waals surface area contributed by atoms with Crippen LogP contribution < -0.4 is 16.6 Å². The number of rotatable bonds is 7. The summed E-state index contributed by atoms with van der Waals surface area (Å²) in [5, 5.41) is 26.3. The fourth-order valence-electron chi connectivity index (χ4n) is 7.48. The molecule has 9 nitrogen and oxygen atoms in total. The zero-order chi connectivity index (χ0) is 31.6. The Hall–Kier alpha value is -3.95. The van der Waals surface area contributed by atoms with Crippen molar-refractivity contribution in [3.8, 4) is 5.75 Å². The summed E-state index contributed by atoms with van der Waals surface area (Å²) < 4.78 is 0. The van der Waals surface area contributed by atoms with Gasteiger partial charge in [-0.1, -0.05) is 36.4 Å². The number of carbonyl (C=O) groups is 2. The molecular weight excluding hydrogens is 556 g/mol. The van der Waals surface area contributed by atoms with Crippen LogP contribution in [0.25, 0.3) is 0 Å². The molecule has 44 heavy (non-hydrogen) atoms. The molecule has 0 bridgehead atoms. The van der Waals surface area contributed by atoms with Gasteiger partial charge < -0.3 is 26.2 Å². The number of piperidine rings is 1. The van der Waals surface area contributed by atoms with Crippen molar-refractivity contribution in [3.05, 3.63) is 98.5 Å². The first-order valence-electron chi connectivity index (χ1n) is 15.5. The molecule has 1 saturated carbocycles. The predicted molar refractivity (Wildman–Crippen MR) is 170 cm³/mol. The number of benzene rings is 2. The highest BCUT2D eigenvalue weighted by atomic mass is 16.3. The van der Waals surface area contributed by atoms with Gasteiger partial charge in [0.15, 0.2) is 0 Å². The van der Waals surface area contributed by atoms with E-state index in [0.717, 1.165) is 41.0 Å². The number of aromatic hydroxyl groups is 1. The summed E-state index contributed by atoms with van der Waals surface area (Å²) in [6.07, 6.45) is 4.86. The number of hydrogen-bond acceptors (Lipinski definition) is 6. The number of aromatic amines is 1. The summed E-state index contributed by atoms with van der Waals surface area (Å²) in [5.74, 6) is 0.458. The number of aliphatic hydroxyl groups is 1. The van der Waals surface area contributed by atoms with Crippen molar-refractivity contribution >= 4 is 12.3 Å². The average Bonchev–Trinajstić information content (AvgIpc) is 3.80. The van der Waals surface area contributed by atoms with E-state index in [9.17, 15) is 19.8 Å². The van der Waals surface area contributed by atoms with E-state index in [4.69, 9.17) is 4.79 Å². The maximum atomic E-state index is 13.3. The highest BCUT2D eigenvalue weighted by molar-refractivity contribution is 5.94. The van der Waals surface area contributed by atoms with Crippen molar-refractivity contribution in [2.45, 2.75) is 82.4 Å². The number of carbonyl (C=O) groups excluding carboxylic acids is 2. The van der Waals surface area contributed by atoms with Gasteiger partial charge in [-0.15, -0.1) is 0 Å². The largest absolute Gasteiger partial charge is 0.508 e. The number of phenolic OH excluding ortho intramolecular Hbond substituents is 1. The van der Waals surface area contributed by atoms with Gasteiger partial charge in [0.2, 0.25) is 6.41 Å². The quantitative estimate of drug-likeness (QED) is 0.263. The van der Waals surface area contributed by atoms with Gasteiger partial charge in [0.1, 0.15) is 11.3 Å². The standard InChI is InChI=1S/C34H41N3O4.CH3NO/c1-21-9-12-27(38)17-29(21)33-13-14-37(20-25-10-11-25)23(3)34(33,41)18-26-16-28(32(40)36-30(26)19-33)31(39)35-22(2)15-24-7-5-4-6-8-24;2-1-3/h4-9,12,16-17,22-23,25,38,41H,10-11,13-15,18-20H2,1-3H3,(H,35,39)(H,36,40);1H,(H2,2,3). The fraction of sp³-hybridized carbons (Fsp3) is 0.457. The Morgan fingerprint density at radius 2 is 1.89 bits per heavy atom. The maximum absolute atomic E-state index is 13.3. The van der Waals surface area contributed by atoms with E-state index in [1.54, 1.807) is 18.2 Å². The van der Waals surface area contributed by atoms with Gasteiger partial charge in [0.05, 0.1) is 5.60 Å². The van der Waals surface area contributed by atoms with Crippen LogP contribution in [0.5, 0.6) is 5.75 Å². The van der Waals surface area contributed by atoms with Gasteiger partial charge >= 0.3 is 0 Å². The lowest BCUT2D eigenvalue weighted by Gasteiger charge is -2.60. The Balaban J connectivity index is 0.00000123. The fourth-order valence-corrected chi connectivity index (χ4v) is 7.48. The van der Waals surface area contributed by atoms with Crippen LogP contribution in [0.15, 0.2) is 59.4 Å². The molecule has 1 aliphatic heterocycles. The number of fused-ring (bicyclic) bond motifs is 2. The van der Waals surface area contributed by atoms with Crippen LogP contribution in [0, 0.1) is 12.8 Å². The first-order chi connectivity index (χ1) is 21.0. The van der Waals surface area contributed by atoms with Crippen LogP contribution >= 0.6 is 0 Å². The van der Waals surface area contributed by atoms with Gasteiger partial charge in [0, 0.05) is 42.6 Å². The lowest BCUT2D eigenvalue weighted by molar-refractivity contribution is -0.139. The molecule has 234 valence electrons. The van der Waals surface area contributed by atoms with Crippen molar-refractivity contribution in [2.75, 3.05) is 13.1 Å². The summed E-state index contributed by atoms with van der Waals surface area (Å²) in [6, 6.07) is 16.7. The Kier molecular flexibility index (Phi) is 9.00. The second kappa shape index (κ2) is 12.6. The minimum absolute atomic E-state index is 0.0756. The molecule has 4 atom stereocenters. The second-order valence-corrected chi connectivity index (χ2v) is 12.9. The van der Waals surface area contributed by atoms with Crippen molar-refractivity contribution in [2.24, 2.45) is 11.7 Å². The predicted octanol–water partition coefficient (Wildman–Crippen LogP) is 3.12. The number of aryl methyl sites for hydroxylation is 1. The van der Waals surface area contributed by atoms with Gasteiger partial charge in [-0.25, -0.2) is 0 Å². The third-order valence-corrected chi connectivity index (χ3v) is 9.98. The van der Waals surface area contributed by atoms with Crippen LogP contribution in [0.3, 0.4) is 0 Å². The SMILES string of the molecule is Cc1ccc(O)cc1C12CCN(CC3CC3)C(C)C1(O)Cc1cc(C(=O)NC(C)Cc3ccccc3)c(=O)[nH]c1C2.NC=O. The molecule has 6 rings (SSSR count). The summed E-state index contributed by atoms with van der Waals surface area (Å²) in [6.45, 7) is 7.89. The Labute approximate surface area is 258 Å². The molecular formula is C35H44N4O5. The number of nitrogens with one attached hydrogen (secondary N) is 2. The normalized spacial score (nSPS) is 25.0. The van der Waals surface area contributed by atoms with E-state index in [0.29, 0.717) is 31.6 Å². The molecule has 0 spiro atoms. The number of primary amides is 1. The summed E-state index contributed by atoms with van der Waals surface area (Å²) in [5.41, 5.74) is 6.62. The zero-order valence-corrected chi connectivity index (χ0v) is 25.8. The van der Waals surface area contributed by atoms with E-state index in [-0.39, 0.29) is 29.8 Å². The summed E-state index contributed by atoms with van der Waals surface area (Å²) in [7, 11) is 0. The van der Waals surface area contributed by atoms with E-state index < -0.39 is 22.5 Å². The van der Waals surface area contributed by atoms with Crippen molar-refractivity contribution in [3.63, 3.8) is 0 Å². The monoisotopic (exact) mass is 600 g/mol. The second-order valence-electron chi connectivity index (χ2n) is 12.9. The summed E-state index contributed by atoms with van der Waals surface area (Å²) >= 11 is 0. The van der Waals surface area contributed by atoms with E-state index >= 15 is 0 Å². The number of nitrogens with two attached hydrogens (primary N) is 1. The molecule has 9 heteroatoms. The Morgan fingerprint density at radius 1 is 1.18 bits per heavy atom. The molecule has 1 saturated heterocycles. The minimum Gasteiger partial charge on any atom is -0.508 e. The molecule has 2 amide bonds. The molecule has 2 heterocycles. The third kappa shape index (κ3) is 6.03. The lowest BCUT2D eigenvalue weighted by atomic mass is 9.53. The van der Waals surface area contributed by atoms with E-state index in [2.05, 4.69) is 27.9 Å². The number of H-pyrrole nitrogens is 1. The molecule has 3 aromatic rings. The number of nitrogens with zero attached hydrogens (tertiary/aromatic N) is 1. The van der Waals surface area contributed by atoms with Crippen molar-refractivity contribution < 1.29 is 19.8 Å². The van der Waals surface area contributed by atoms with Gasteiger partial charge in [-0.3, -0.25) is 19.3 Å². The van der Waals surface area contributed by atoms with E-state index in [1.807, 2.05) is 50.2 Å². The molecule has 1 aromatic heterocycles. The van der Waals surface area contributed by atoms with Crippen LogP contribution in [-0.4, -0.2) is 63.2 Å². The lowest BCUT2D eigenvalue weighted by Crippen LogP contribution is -2.71. The molecule has 2 fully saturated rings.